The first-order valence-electron chi connectivity index (χ1n) is 9.21. The summed E-state index contributed by atoms with van der Waals surface area (Å²) in [4.78, 5) is 32.0. The molecule has 1 saturated heterocycles. The number of hydrogen-bond donors (Lipinski definition) is 0. The summed E-state index contributed by atoms with van der Waals surface area (Å²) in [7, 11) is 0. The van der Waals surface area contributed by atoms with E-state index in [-0.39, 0.29) is 16.5 Å². The van der Waals surface area contributed by atoms with E-state index in [4.69, 9.17) is 0 Å². The Bertz CT molecular complexity index is 840. The molecule has 26 heavy (non-hydrogen) atoms. The number of aromatic nitrogens is 1. The molecule has 0 spiro atoms. The molecule has 0 N–H and O–H groups in total. The van der Waals surface area contributed by atoms with E-state index in [0.717, 1.165) is 44.5 Å². The lowest BCUT2D eigenvalue weighted by Gasteiger charge is -2.37. The Hall–Kier alpha value is -2.70. The first kappa shape index (κ1) is 16.8. The molecular formula is C19H22N4O3. The highest BCUT2D eigenvalue weighted by atomic mass is 16.6. The Morgan fingerprint density at radius 1 is 1.12 bits per heavy atom. The topological polar surface area (TPSA) is 79.6 Å². The van der Waals surface area contributed by atoms with Gasteiger partial charge >= 0.3 is 0 Å². The molecule has 1 aliphatic heterocycles. The van der Waals surface area contributed by atoms with Gasteiger partial charge in [-0.2, -0.15) is 0 Å². The first-order chi connectivity index (χ1) is 12.6. The minimum atomic E-state index is -0.369. The van der Waals surface area contributed by atoms with Crippen molar-refractivity contribution in [2.24, 2.45) is 5.92 Å². The second kappa shape index (κ2) is 6.90. The molecule has 7 heteroatoms. The third-order valence-corrected chi connectivity index (χ3v) is 5.56. The number of nitro groups is 1. The number of carbonyl (C=O) groups is 1. The van der Waals surface area contributed by atoms with Gasteiger partial charge in [-0.1, -0.05) is 12.8 Å². The summed E-state index contributed by atoms with van der Waals surface area (Å²) in [5, 5.41) is 11.8. The van der Waals surface area contributed by atoms with Gasteiger partial charge in [0, 0.05) is 44.4 Å². The summed E-state index contributed by atoms with van der Waals surface area (Å²) in [6.45, 7) is 2.84. The quantitative estimate of drug-likeness (QED) is 0.625. The number of pyridine rings is 1. The van der Waals surface area contributed by atoms with Gasteiger partial charge in [0.25, 0.3) is 5.69 Å². The Balaban J connectivity index is 1.54. The van der Waals surface area contributed by atoms with Crippen LogP contribution in [0.15, 0.2) is 30.5 Å². The lowest BCUT2D eigenvalue weighted by Crippen LogP contribution is -2.50. The summed E-state index contributed by atoms with van der Waals surface area (Å²) in [5.41, 5.74) is 1.63. The van der Waals surface area contributed by atoms with Crippen LogP contribution in [0.2, 0.25) is 0 Å². The molecule has 1 aromatic carbocycles. The van der Waals surface area contributed by atoms with Crippen molar-refractivity contribution in [2.45, 2.75) is 25.7 Å². The predicted octanol–water partition coefficient (Wildman–Crippen LogP) is 2.98. The highest BCUT2D eigenvalue weighted by molar-refractivity contribution is 5.97. The molecule has 0 unspecified atom stereocenters. The van der Waals surface area contributed by atoms with E-state index in [1.807, 2.05) is 4.90 Å². The summed E-state index contributed by atoms with van der Waals surface area (Å²) in [6.07, 6.45) is 6.04. The van der Waals surface area contributed by atoms with E-state index < -0.39 is 0 Å². The molecule has 1 aromatic heterocycles. The van der Waals surface area contributed by atoms with E-state index in [2.05, 4.69) is 9.88 Å². The monoisotopic (exact) mass is 354 g/mol. The molecule has 2 aromatic rings. The molecule has 0 atom stereocenters. The Morgan fingerprint density at radius 2 is 1.85 bits per heavy atom. The molecule has 1 aliphatic carbocycles. The SMILES string of the molecule is O=C(C1CCCC1)N1CCN(c2ccc([N+](=O)[O-])c3cccnc23)CC1. The van der Waals surface area contributed by atoms with Crippen molar-refractivity contribution in [2.75, 3.05) is 31.1 Å². The Kier molecular flexibility index (Phi) is 4.44. The van der Waals surface area contributed by atoms with Crippen molar-refractivity contribution >= 4 is 28.2 Å². The van der Waals surface area contributed by atoms with Gasteiger partial charge in [0.15, 0.2) is 0 Å². The minimum Gasteiger partial charge on any atom is -0.366 e. The van der Waals surface area contributed by atoms with Gasteiger partial charge < -0.3 is 9.80 Å². The van der Waals surface area contributed by atoms with Crippen LogP contribution in [0, 0.1) is 16.0 Å². The number of rotatable bonds is 3. The van der Waals surface area contributed by atoms with E-state index in [1.165, 1.54) is 0 Å². The summed E-state index contributed by atoms with van der Waals surface area (Å²) in [6, 6.07) is 6.79. The molecule has 2 heterocycles. The number of nitro benzene ring substituents is 1. The molecule has 4 rings (SSSR count). The maximum atomic E-state index is 12.6. The predicted molar refractivity (Wildman–Crippen MR) is 99.1 cm³/mol. The van der Waals surface area contributed by atoms with Crippen LogP contribution < -0.4 is 4.90 Å². The smallest absolute Gasteiger partial charge is 0.278 e. The highest BCUT2D eigenvalue weighted by Gasteiger charge is 2.30. The number of carbonyl (C=O) groups excluding carboxylic acids is 1. The third-order valence-electron chi connectivity index (χ3n) is 5.56. The fourth-order valence-corrected chi connectivity index (χ4v) is 4.16. The molecule has 0 bridgehead atoms. The largest absolute Gasteiger partial charge is 0.366 e. The molecule has 136 valence electrons. The van der Waals surface area contributed by atoms with Crippen molar-refractivity contribution < 1.29 is 9.72 Å². The number of fused-ring (bicyclic) bond motifs is 1. The number of benzene rings is 1. The van der Waals surface area contributed by atoms with Gasteiger partial charge in [-0.3, -0.25) is 19.9 Å². The maximum Gasteiger partial charge on any atom is 0.278 e. The first-order valence-corrected chi connectivity index (χ1v) is 9.21. The molecule has 0 radical (unpaired) electrons. The van der Waals surface area contributed by atoms with Crippen molar-refractivity contribution in [1.29, 1.82) is 0 Å². The molecule has 1 amide bonds. The van der Waals surface area contributed by atoms with Gasteiger partial charge in [-0.25, -0.2) is 0 Å². The number of nitrogens with zero attached hydrogens (tertiary/aromatic N) is 4. The highest BCUT2D eigenvalue weighted by Crippen LogP contribution is 2.33. The van der Waals surface area contributed by atoms with E-state index >= 15 is 0 Å². The standard InChI is InChI=1S/C19H22N4O3/c24-19(14-4-1-2-5-14)22-12-10-21(11-13-22)17-8-7-16(23(25)26)15-6-3-9-20-18(15)17/h3,6-9,14H,1-2,4-5,10-13H2. The van der Waals surface area contributed by atoms with Gasteiger partial charge in [0.1, 0.15) is 5.52 Å². The van der Waals surface area contributed by atoms with Crippen LogP contribution in [0.1, 0.15) is 25.7 Å². The van der Waals surface area contributed by atoms with Crippen LogP contribution >= 0.6 is 0 Å². The second-order valence-corrected chi connectivity index (χ2v) is 7.05. The van der Waals surface area contributed by atoms with Crippen LogP contribution in [0.4, 0.5) is 11.4 Å². The minimum absolute atomic E-state index is 0.0758. The average molecular weight is 354 g/mol. The summed E-state index contributed by atoms with van der Waals surface area (Å²) in [5.74, 6) is 0.511. The Morgan fingerprint density at radius 3 is 2.54 bits per heavy atom. The number of piperazine rings is 1. The maximum absolute atomic E-state index is 12.6. The fraction of sp³-hybridized carbons (Fsp3) is 0.474. The second-order valence-electron chi connectivity index (χ2n) is 7.05. The van der Waals surface area contributed by atoms with Crippen LogP contribution in [-0.2, 0) is 4.79 Å². The van der Waals surface area contributed by atoms with Gasteiger partial charge in [-0.15, -0.1) is 0 Å². The number of amides is 1. The van der Waals surface area contributed by atoms with Crippen molar-refractivity contribution in [3.63, 3.8) is 0 Å². The Labute approximate surface area is 151 Å². The van der Waals surface area contributed by atoms with Crippen molar-refractivity contribution in [3.8, 4) is 0 Å². The molecule has 2 fully saturated rings. The number of non-ortho nitro benzene ring substituents is 1. The van der Waals surface area contributed by atoms with Gasteiger partial charge in [0.2, 0.25) is 5.91 Å². The number of hydrogen-bond acceptors (Lipinski definition) is 5. The summed E-state index contributed by atoms with van der Waals surface area (Å²) >= 11 is 0. The molecule has 2 aliphatic rings. The van der Waals surface area contributed by atoms with E-state index in [0.29, 0.717) is 29.9 Å². The zero-order valence-electron chi connectivity index (χ0n) is 14.6. The zero-order chi connectivity index (χ0) is 18.1. The lowest BCUT2D eigenvalue weighted by molar-refractivity contribution is -0.383. The molecular weight excluding hydrogens is 332 g/mol. The number of anilines is 1. The van der Waals surface area contributed by atoms with Crippen LogP contribution in [0.5, 0.6) is 0 Å². The lowest BCUT2D eigenvalue weighted by atomic mass is 10.1. The summed E-state index contributed by atoms with van der Waals surface area (Å²) < 4.78 is 0. The van der Waals surface area contributed by atoms with Crippen molar-refractivity contribution in [3.05, 3.63) is 40.6 Å². The van der Waals surface area contributed by atoms with Gasteiger partial charge in [-0.05, 0) is 31.0 Å². The van der Waals surface area contributed by atoms with Crippen LogP contribution in [0.3, 0.4) is 0 Å². The van der Waals surface area contributed by atoms with Gasteiger partial charge in [0.05, 0.1) is 16.0 Å². The fourth-order valence-electron chi connectivity index (χ4n) is 4.16. The molecule has 1 saturated carbocycles. The third kappa shape index (κ3) is 2.98. The average Bonchev–Trinajstić information content (AvgIpc) is 3.21. The molecule has 7 nitrogen and oxygen atoms in total. The van der Waals surface area contributed by atoms with Crippen LogP contribution in [-0.4, -0.2) is 46.9 Å². The normalized spacial score (nSPS) is 18.5. The van der Waals surface area contributed by atoms with E-state index in [9.17, 15) is 14.9 Å². The van der Waals surface area contributed by atoms with Crippen molar-refractivity contribution in [1.82, 2.24) is 9.88 Å². The van der Waals surface area contributed by atoms with E-state index in [1.54, 1.807) is 30.5 Å². The zero-order valence-corrected chi connectivity index (χ0v) is 14.6. The van der Waals surface area contributed by atoms with Crippen LogP contribution in [0.25, 0.3) is 10.9 Å².